The average molecular weight is 226 g/mol. The molecule has 0 radical (unpaired) electrons. The van der Waals surface area contributed by atoms with E-state index in [1.54, 1.807) is 5.38 Å². The van der Waals surface area contributed by atoms with E-state index in [1.165, 1.54) is 11.5 Å². The molecule has 0 bridgehead atoms. The van der Waals surface area contributed by atoms with E-state index in [4.69, 9.17) is 16.3 Å². The van der Waals surface area contributed by atoms with Crippen LogP contribution in [0.15, 0.2) is 35.7 Å². The molecule has 0 aliphatic carbocycles. The summed E-state index contributed by atoms with van der Waals surface area (Å²) in [5, 5.41) is 2.33. The highest BCUT2D eigenvalue weighted by Gasteiger charge is 2.03. The minimum Gasteiger partial charge on any atom is -0.471 e. The van der Waals surface area contributed by atoms with Gasteiger partial charge in [-0.1, -0.05) is 41.9 Å². The van der Waals surface area contributed by atoms with Gasteiger partial charge in [-0.25, -0.2) is 0 Å². The lowest BCUT2D eigenvalue weighted by Crippen LogP contribution is -1.94. The molecule has 1 aromatic heterocycles. The van der Waals surface area contributed by atoms with Gasteiger partial charge < -0.3 is 4.74 Å². The van der Waals surface area contributed by atoms with Crippen LogP contribution in [0.25, 0.3) is 0 Å². The van der Waals surface area contributed by atoms with E-state index in [2.05, 4.69) is 4.37 Å². The van der Waals surface area contributed by atoms with E-state index in [1.807, 2.05) is 30.3 Å². The molecule has 4 heteroatoms. The summed E-state index contributed by atoms with van der Waals surface area (Å²) in [5.74, 6) is 0.514. The second-order valence-corrected chi connectivity index (χ2v) is 3.78. The molecular weight excluding hydrogens is 218 g/mol. The molecule has 0 aliphatic heterocycles. The van der Waals surface area contributed by atoms with Crippen LogP contribution in [-0.2, 0) is 6.61 Å². The van der Waals surface area contributed by atoms with Crippen LogP contribution in [0.3, 0.4) is 0 Å². The monoisotopic (exact) mass is 225 g/mol. The molecule has 0 saturated carbocycles. The lowest BCUT2D eigenvalue weighted by Gasteiger charge is -2.02. The average Bonchev–Trinajstić information content (AvgIpc) is 2.63. The molecule has 0 N–H and O–H groups in total. The van der Waals surface area contributed by atoms with Crippen molar-refractivity contribution in [3.05, 3.63) is 46.3 Å². The Hall–Kier alpha value is -1.06. The van der Waals surface area contributed by atoms with Gasteiger partial charge in [0.25, 0.3) is 0 Å². The van der Waals surface area contributed by atoms with Crippen molar-refractivity contribution >= 4 is 23.1 Å². The van der Waals surface area contributed by atoms with E-state index < -0.39 is 0 Å². The third-order valence-electron chi connectivity index (χ3n) is 1.71. The molecule has 1 aromatic carbocycles. The first kappa shape index (κ1) is 9.49. The number of hydrogen-bond acceptors (Lipinski definition) is 3. The predicted octanol–water partition coefficient (Wildman–Crippen LogP) is 3.38. The molecule has 2 rings (SSSR count). The molecule has 0 aliphatic rings. The van der Waals surface area contributed by atoms with Gasteiger partial charge in [0.2, 0.25) is 5.88 Å². The summed E-state index contributed by atoms with van der Waals surface area (Å²) in [6.45, 7) is 0.504. The number of nitrogens with zero attached hydrogens (tertiary/aromatic N) is 1. The molecule has 0 amide bonds. The summed E-state index contributed by atoms with van der Waals surface area (Å²) < 4.78 is 9.45. The van der Waals surface area contributed by atoms with E-state index in [9.17, 15) is 0 Å². The van der Waals surface area contributed by atoms with Gasteiger partial charge >= 0.3 is 0 Å². The van der Waals surface area contributed by atoms with E-state index in [0.29, 0.717) is 17.5 Å². The fourth-order valence-electron chi connectivity index (χ4n) is 1.04. The topological polar surface area (TPSA) is 22.1 Å². The smallest absolute Gasteiger partial charge is 0.244 e. The van der Waals surface area contributed by atoms with Crippen LogP contribution in [0.4, 0.5) is 0 Å². The van der Waals surface area contributed by atoms with Gasteiger partial charge in [-0.2, -0.15) is 4.37 Å². The minimum absolute atomic E-state index is 0.504. The van der Waals surface area contributed by atoms with Crippen LogP contribution in [0.2, 0.25) is 5.02 Å². The quantitative estimate of drug-likeness (QED) is 0.799. The zero-order valence-electron chi connectivity index (χ0n) is 7.31. The number of aromatic nitrogens is 1. The van der Waals surface area contributed by atoms with Gasteiger partial charge in [0.1, 0.15) is 11.6 Å². The summed E-state index contributed by atoms with van der Waals surface area (Å²) in [6, 6.07) is 9.92. The molecule has 1 heterocycles. The number of halogens is 1. The van der Waals surface area contributed by atoms with Gasteiger partial charge in [-0.05, 0) is 17.1 Å². The van der Waals surface area contributed by atoms with E-state index in [-0.39, 0.29) is 0 Å². The predicted molar refractivity (Wildman–Crippen MR) is 57.9 cm³/mol. The normalized spacial score (nSPS) is 10.1. The van der Waals surface area contributed by atoms with Gasteiger partial charge in [-0.15, -0.1) is 0 Å². The highest BCUT2D eigenvalue weighted by Crippen LogP contribution is 2.24. The third kappa shape index (κ3) is 2.25. The van der Waals surface area contributed by atoms with Gasteiger partial charge in [-0.3, -0.25) is 0 Å². The maximum Gasteiger partial charge on any atom is 0.244 e. The molecule has 0 saturated heterocycles. The number of hydrogen-bond donors (Lipinski definition) is 0. The maximum atomic E-state index is 5.83. The lowest BCUT2D eigenvalue weighted by molar-refractivity contribution is 0.297. The second kappa shape index (κ2) is 4.44. The van der Waals surface area contributed by atoms with Crippen LogP contribution >= 0.6 is 23.1 Å². The van der Waals surface area contributed by atoms with Crippen molar-refractivity contribution in [3.63, 3.8) is 0 Å². The summed E-state index contributed by atoms with van der Waals surface area (Å²) >= 11 is 7.12. The van der Waals surface area contributed by atoms with Gasteiger partial charge in [0, 0.05) is 5.38 Å². The highest BCUT2D eigenvalue weighted by molar-refractivity contribution is 7.04. The van der Waals surface area contributed by atoms with Crippen LogP contribution in [0.1, 0.15) is 5.56 Å². The highest BCUT2D eigenvalue weighted by atomic mass is 35.5. The largest absolute Gasteiger partial charge is 0.471 e. The van der Waals surface area contributed by atoms with Gasteiger partial charge in [0.05, 0.1) is 0 Å². The molecule has 0 atom stereocenters. The molecule has 72 valence electrons. The van der Waals surface area contributed by atoms with Crippen LogP contribution < -0.4 is 4.74 Å². The van der Waals surface area contributed by atoms with Gasteiger partial charge in [0.15, 0.2) is 0 Å². The minimum atomic E-state index is 0.504. The Morgan fingerprint density at radius 1 is 1.29 bits per heavy atom. The molecule has 14 heavy (non-hydrogen) atoms. The van der Waals surface area contributed by atoms with Crippen molar-refractivity contribution in [2.45, 2.75) is 6.61 Å². The van der Waals surface area contributed by atoms with Crippen molar-refractivity contribution in [1.82, 2.24) is 4.37 Å². The van der Waals surface area contributed by atoms with Crippen LogP contribution in [-0.4, -0.2) is 4.37 Å². The number of rotatable bonds is 3. The summed E-state index contributed by atoms with van der Waals surface area (Å²) in [6.07, 6.45) is 0. The first-order chi connectivity index (χ1) is 6.86. The van der Waals surface area contributed by atoms with E-state index >= 15 is 0 Å². The Bertz CT molecular complexity index is 402. The third-order valence-corrected chi connectivity index (χ3v) is 2.73. The first-order valence-corrected chi connectivity index (χ1v) is 5.34. The Labute approximate surface area is 91.3 Å². The van der Waals surface area contributed by atoms with Crippen molar-refractivity contribution in [1.29, 1.82) is 0 Å². The molecule has 2 aromatic rings. The maximum absolute atomic E-state index is 5.83. The molecular formula is C10H8ClNOS. The zero-order chi connectivity index (χ0) is 9.80. The molecule has 2 nitrogen and oxygen atoms in total. The number of ether oxygens (including phenoxy) is 1. The molecule has 0 unspecified atom stereocenters. The van der Waals surface area contributed by atoms with Crippen LogP contribution in [0, 0.1) is 0 Å². The Morgan fingerprint density at radius 2 is 2.07 bits per heavy atom. The SMILES string of the molecule is Clc1csnc1OCc1ccccc1. The summed E-state index contributed by atoms with van der Waals surface area (Å²) in [5.41, 5.74) is 1.11. The first-order valence-electron chi connectivity index (χ1n) is 4.13. The van der Waals surface area contributed by atoms with Crippen molar-refractivity contribution in [2.24, 2.45) is 0 Å². The summed E-state index contributed by atoms with van der Waals surface area (Å²) in [7, 11) is 0. The molecule has 0 fully saturated rings. The standard InChI is InChI=1S/C10H8ClNOS/c11-9-7-14-12-10(9)13-6-8-4-2-1-3-5-8/h1-5,7H,6H2. The Balaban J connectivity index is 1.99. The number of benzene rings is 1. The van der Waals surface area contributed by atoms with E-state index in [0.717, 1.165) is 5.56 Å². The fourth-order valence-corrected chi connectivity index (χ4v) is 1.80. The second-order valence-electron chi connectivity index (χ2n) is 2.74. The van der Waals surface area contributed by atoms with Crippen molar-refractivity contribution in [2.75, 3.05) is 0 Å². The van der Waals surface area contributed by atoms with Crippen molar-refractivity contribution < 1.29 is 4.74 Å². The summed E-state index contributed by atoms with van der Waals surface area (Å²) in [4.78, 5) is 0. The fraction of sp³-hybridized carbons (Fsp3) is 0.100. The molecule has 0 spiro atoms. The van der Waals surface area contributed by atoms with Crippen molar-refractivity contribution in [3.8, 4) is 5.88 Å². The van der Waals surface area contributed by atoms with Crippen LogP contribution in [0.5, 0.6) is 5.88 Å². The zero-order valence-corrected chi connectivity index (χ0v) is 8.89. The Kier molecular flexibility index (Phi) is 3.01. The lowest BCUT2D eigenvalue weighted by atomic mass is 10.2. The Morgan fingerprint density at radius 3 is 2.71 bits per heavy atom.